The van der Waals surface area contributed by atoms with Crippen molar-refractivity contribution in [3.63, 3.8) is 0 Å². The van der Waals surface area contributed by atoms with Gasteiger partial charge in [-0.25, -0.2) is 0 Å². The highest BCUT2D eigenvalue weighted by atomic mass is 16.6. The minimum atomic E-state index is -0.235. The number of aliphatic hydroxyl groups excluding tert-OH is 1. The molecule has 1 aliphatic heterocycles. The molecule has 5 nitrogen and oxygen atoms in total. The normalized spacial score (nSPS) is 28.9. The summed E-state index contributed by atoms with van der Waals surface area (Å²) in [5.41, 5.74) is 0. The number of carbonyl (C=O) groups is 1. The molecule has 1 fully saturated rings. The molecule has 16 heavy (non-hydrogen) atoms. The minimum Gasteiger partial charge on any atom is -0.494 e. The zero-order chi connectivity index (χ0) is 11.4. The fourth-order valence-electron chi connectivity index (χ4n) is 2.05. The van der Waals surface area contributed by atoms with E-state index in [0.717, 1.165) is 19.3 Å². The number of ether oxygens (including phenoxy) is 2. The molecule has 1 amide bonds. The third-order valence-corrected chi connectivity index (χ3v) is 2.94. The third-order valence-electron chi connectivity index (χ3n) is 2.94. The van der Waals surface area contributed by atoms with Gasteiger partial charge in [0, 0.05) is 6.54 Å². The molecule has 90 valence electrons. The van der Waals surface area contributed by atoms with Gasteiger partial charge in [-0.1, -0.05) is 0 Å². The van der Waals surface area contributed by atoms with Gasteiger partial charge in [-0.15, -0.1) is 0 Å². The molecule has 0 bridgehead atoms. The predicted molar refractivity (Wildman–Crippen MR) is 56.3 cm³/mol. The monoisotopic (exact) mass is 227 g/mol. The maximum Gasteiger partial charge on any atom is 0.289 e. The van der Waals surface area contributed by atoms with Gasteiger partial charge in [0.15, 0.2) is 0 Å². The molecule has 2 rings (SSSR count). The molecule has 2 unspecified atom stereocenters. The number of carbonyl (C=O) groups excluding carboxylic acids is 1. The smallest absolute Gasteiger partial charge is 0.289 e. The van der Waals surface area contributed by atoms with Crippen LogP contribution in [-0.2, 0) is 14.3 Å². The molecule has 0 saturated heterocycles. The summed E-state index contributed by atoms with van der Waals surface area (Å²) in [5, 5.41) is 12.1. The molecule has 5 heteroatoms. The van der Waals surface area contributed by atoms with Gasteiger partial charge in [0.25, 0.3) is 5.91 Å². The van der Waals surface area contributed by atoms with E-state index >= 15 is 0 Å². The molecular weight excluding hydrogens is 210 g/mol. The van der Waals surface area contributed by atoms with Crippen LogP contribution in [0.3, 0.4) is 0 Å². The van der Waals surface area contributed by atoms with E-state index in [1.54, 1.807) is 0 Å². The van der Waals surface area contributed by atoms with Crippen LogP contribution in [-0.4, -0.2) is 36.9 Å². The highest BCUT2D eigenvalue weighted by molar-refractivity contribution is 5.91. The topological polar surface area (TPSA) is 67.8 Å². The average Bonchev–Trinajstić information content (AvgIpc) is 2.73. The summed E-state index contributed by atoms with van der Waals surface area (Å²) in [4.78, 5) is 11.6. The number of hydrogen-bond acceptors (Lipinski definition) is 4. The Morgan fingerprint density at radius 3 is 3.00 bits per heavy atom. The van der Waals surface area contributed by atoms with Crippen LogP contribution >= 0.6 is 0 Å². The Balaban J connectivity index is 1.73. The summed E-state index contributed by atoms with van der Waals surface area (Å²) in [6.07, 6.45) is 3.73. The van der Waals surface area contributed by atoms with Gasteiger partial charge < -0.3 is 19.9 Å². The molecule has 0 aromatic heterocycles. The standard InChI is InChI=1S/C11H17NO4/c13-9-2-1-8(5-9)6-12-11(14)10-7-15-3-4-16-10/h7-9,13H,1-6H2,(H,12,14). The Morgan fingerprint density at radius 1 is 1.50 bits per heavy atom. The van der Waals surface area contributed by atoms with Crippen molar-refractivity contribution >= 4 is 5.91 Å². The van der Waals surface area contributed by atoms with Crippen LogP contribution in [0, 0.1) is 5.92 Å². The van der Waals surface area contributed by atoms with Crippen LogP contribution in [0.15, 0.2) is 12.0 Å². The van der Waals surface area contributed by atoms with Gasteiger partial charge in [-0.2, -0.15) is 0 Å². The Hall–Kier alpha value is -1.23. The zero-order valence-corrected chi connectivity index (χ0v) is 9.15. The number of nitrogens with one attached hydrogen (secondary N) is 1. The summed E-state index contributed by atoms with van der Waals surface area (Å²) in [7, 11) is 0. The van der Waals surface area contributed by atoms with Crippen molar-refractivity contribution in [2.75, 3.05) is 19.8 Å². The van der Waals surface area contributed by atoms with Crippen LogP contribution in [0.25, 0.3) is 0 Å². The van der Waals surface area contributed by atoms with E-state index in [0.29, 0.717) is 25.7 Å². The Bertz CT molecular complexity index is 290. The first-order valence-electron chi connectivity index (χ1n) is 5.66. The van der Waals surface area contributed by atoms with E-state index in [2.05, 4.69) is 5.32 Å². The molecule has 2 atom stereocenters. The van der Waals surface area contributed by atoms with Crippen LogP contribution in [0.4, 0.5) is 0 Å². The third kappa shape index (κ3) is 2.88. The lowest BCUT2D eigenvalue weighted by atomic mass is 10.1. The largest absolute Gasteiger partial charge is 0.494 e. The summed E-state index contributed by atoms with van der Waals surface area (Å²) in [5.74, 6) is 0.384. The second-order valence-electron chi connectivity index (χ2n) is 4.24. The molecular formula is C11H17NO4. The van der Waals surface area contributed by atoms with Gasteiger partial charge in [-0.05, 0) is 25.2 Å². The molecule has 1 saturated carbocycles. The Kier molecular flexibility index (Phi) is 3.66. The van der Waals surface area contributed by atoms with Gasteiger partial charge in [0.05, 0.1) is 6.10 Å². The van der Waals surface area contributed by atoms with Crippen LogP contribution < -0.4 is 5.32 Å². The van der Waals surface area contributed by atoms with Crippen molar-refractivity contribution in [1.82, 2.24) is 5.32 Å². The first-order chi connectivity index (χ1) is 7.75. The van der Waals surface area contributed by atoms with Gasteiger partial charge >= 0.3 is 0 Å². The zero-order valence-electron chi connectivity index (χ0n) is 9.15. The van der Waals surface area contributed by atoms with E-state index in [-0.39, 0.29) is 17.8 Å². The fourth-order valence-corrected chi connectivity index (χ4v) is 2.05. The van der Waals surface area contributed by atoms with Crippen LogP contribution in [0.5, 0.6) is 0 Å². The molecule has 0 spiro atoms. The van der Waals surface area contributed by atoms with Crippen molar-refractivity contribution in [3.05, 3.63) is 12.0 Å². The predicted octanol–water partition coefficient (Wildman–Crippen LogP) is 0.152. The van der Waals surface area contributed by atoms with E-state index in [4.69, 9.17) is 9.47 Å². The minimum absolute atomic E-state index is 0.199. The molecule has 0 radical (unpaired) electrons. The molecule has 2 aliphatic rings. The number of rotatable bonds is 3. The number of aliphatic hydroxyl groups is 1. The molecule has 1 heterocycles. The first-order valence-corrected chi connectivity index (χ1v) is 5.66. The Morgan fingerprint density at radius 2 is 2.38 bits per heavy atom. The lowest BCUT2D eigenvalue weighted by Crippen LogP contribution is -2.32. The van der Waals surface area contributed by atoms with E-state index in [9.17, 15) is 9.90 Å². The number of hydrogen-bond donors (Lipinski definition) is 2. The molecule has 0 aromatic rings. The first kappa shape index (κ1) is 11.3. The molecule has 1 aliphatic carbocycles. The highest BCUT2D eigenvalue weighted by Gasteiger charge is 2.24. The lowest BCUT2D eigenvalue weighted by Gasteiger charge is -2.16. The van der Waals surface area contributed by atoms with Gasteiger partial charge in [0.1, 0.15) is 19.5 Å². The maximum atomic E-state index is 11.6. The van der Waals surface area contributed by atoms with Crippen molar-refractivity contribution in [1.29, 1.82) is 0 Å². The molecule has 0 aromatic carbocycles. The van der Waals surface area contributed by atoms with Crippen LogP contribution in [0.2, 0.25) is 0 Å². The van der Waals surface area contributed by atoms with Crippen LogP contribution in [0.1, 0.15) is 19.3 Å². The Labute approximate surface area is 94.4 Å². The van der Waals surface area contributed by atoms with Gasteiger partial charge in [-0.3, -0.25) is 4.79 Å². The fraction of sp³-hybridized carbons (Fsp3) is 0.727. The summed E-state index contributed by atoms with van der Waals surface area (Å²) >= 11 is 0. The molecule has 2 N–H and O–H groups in total. The van der Waals surface area contributed by atoms with Crippen molar-refractivity contribution in [2.24, 2.45) is 5.92 Å². The second-order valence-corrected chi connectivity index (χ2v) is 4.24. The van der Waals surface area contributed by atoms with Crippen molar-refractivity contribution in [2.45, 2.75) is 25.4 Å². The average molecular weight is 227 g/mol. The van der Waals surface area contributed by atoms with Crippen molar-refractivity contribution < 1.29 is 19.4 Å². The van der Waals surface area contributed by atoms with Crippen molar-refractivity contribution in [3.8, 4) is 0 Å². The van der Waals surface area contributed by atoms with E-state index in [1.165, 1.54) is 6.26 Å². The van der Waals surface area contributed by atoms with E-state index in [1.807, 2.05) is 0 Å². The summed E-state index contributed by atoms with van der Waals surface area (Å²) in [6.45, 7) is 1.50. The second kappa shape index (κ2) is 5.21. The lowest BCUT2D eigenvalue weighted by molar-refractivity contribution is -0.122. The SMILES string of the molecule is O=C(NCC1CCC(O)C1)C1=COCCO1. The quantitative estimate of drug-likeness (QED) is 0.720. The highest BCUT2D eigenvalue weighted by Crippen LogP contribution is 2.24. The van der Waals surface area contributed by atoms with E-state index < -0.39 is 0 Å². The maximum absolute atomic E-state index is 11.6. The number of amides is 1. The summed E-state index contributed by atoms with van der Waals surface area (Å²) in [6, 6.07) is 0. The van der Waals surface area contributed by atoms with Gasteiger partial charge in [0.2, 0.25) is 5.76 Å². The summed E-state index contributed by atoms with van der Waals surface area (Å²) < 4.78 is 10.2.